The fourth-order valence-electron chi connectivity index (χ4n) is 3.26. The molecule has 114 valence electrons. The van der Waals surface area contributed by atoms with E-state index in [9.17, 15) is 10.2 Å². The summed E-state index contributed by atoms with van der Waals surface area (Å²) in [5.74, 6) is 0.180. The Bertz CT molecular complexity index is 866. The van der Waals surface area contributed by atoms with Crippen LogP contribution in [0.2, 0.25) is 0 Å². The number of aliphatic hydroxyl groups is 1. The van der Waals surface area contributed by atoms with Gasteiger partial charge in [0, 0.05) is 20.1 Å². The standard InChI is InChI=1S/C19H12Br2O2/c20-12-3-7-15-16-8-4-13(21)10-18(16)19(23,17(15)9-12)11-1-5-14(22)6-2-11/h1-10,22-23H. The molecule has 0 aliphatic heterocycles. The lowest BCUT2D eigenvalue weighted by Gasteiger charge is -2.27. The number of fused-ring (bicyclic) bond motifs is 3. The van der Waals surface area contributed by atoms with Crippen LogP contribution < -0.4 is 0 Å². The first-order valence-electron chi connectivity index (χ1n) is 7.12. The zero-order valence-corrected chi connectivity index (χ0v) is 15.1. The first kappa shape index (κ1) is 14.9. The van der Waals surface area contributed by atoms with Crippen LogP contribution >= 0.6 is 31.9 Å². The molecule has 2 N–H and O–H groups in total. The number of phenolic OH excluding ortho intramolecular Hbond substituents is 1. The van der Waals surface area contributed by atoms with Gasteiger partial charge >= 0.3 is 0 Å². The summed E-state index contributed by atoms with van der Waals surface area (Å²) in [6.07, 6.45) is 0. The van der Waals surface area contributed by atoms with Crippen molar-refractivity contribution < 1.29 is 10.2 Å². The molecular weight excluding hydrogens is 420 g/mol. The number of halogens is 2. The molecule has 23 heavy (non-hydrogen) atoms. The molecule has 0 atom stereocenters. The maximum Gasteiger partial charge on any atom is 0.141 e. The minimum atomic E-state index is -1.24. The van der Waals surface area contributed by atoms with Crippen LogP contribution in [0.1, 0.15) is 16.7 Å². The van der Waals surface area contributed by atoms with Crippen molar-refractivity contribution in [3.8, 4) is 16.9 Å². The van der Waals surface area contributed by atoms with Crippen molar-refractivity contribution in [3.05, 3.63) is 86.3 Å². The van der Waals surface area contributed by atoms with E-state index in [-0.39, 0.29) is 5.75 Å². The summed E-state index contributed by atoms with van der Waals surface area (Å²) in [7, 11) is 0. The highest BCUT2D eigenvalue weighted by Gasteiger charge is 2.43. The Morgan fingerprint density at radius 2 is 1.17 bits per heavy atom. The normalized spacial score (nSPS) is 14.4. The molecule has 0 amide bonds. The van der Waals surface area contributed by atoms with Gasteiger partial charge in [-0.2, -0.15) is 0 Å². The molecule has 0 heterocycles. The van der Waals surface area contributed by atoms with E-state index in [1.807, 2.05) is 36.4 Å². The van der Waals surface area contributed by atoms with Gasteiger partial charge in [0.05, 0.1) is 0 Å². The lowest BCUT2D eigenvalue weighted by molar-refractivity contribution is 0.130. The molecule has 1 aliphatic rings. The maximum atomic E-state index is 11.7. The maximum absolute atomic E-state index is 11.7. The highest BCUT2D eigenvalue weighted by atomic mass is 79.9. The molecule has 3 aromatic rings. The molecule has 0 fully saturated rings. The molecule has 2 nitrogen and oxygen atoms in total. The van der Waals surface area contributed by atoms with E-state index in [0.29, 0.717) is 0 Å². The van der Waals surface area contributed by atoms with Crippen LogP contribution in [0.15, 0.2) is 69.6 Å². The second kappa shape index (κ2) is 5.20. The van der Waals surface area contributed by atoms with Gasteiger partial charge in [-0.25, -0.2) is 0 Å². The lowest BCUT2D eigenvalue weighted by atomic mass is 9.84. The number of aromatic hydroxyl groups is 1. The smallest absolute Gasteiger partial charge is 0.141 e. The van der Waals surface area contributed by atoms with E-state index in [4.69, 9.17) is 0 Å². The summed E-state index contributed by atoms with van der Waals surface area (Å²) in [4.78, 5) is 0. The van der Waals surface area contributed by atoms with E-state index in [1.54, 1.807) is 24.3 Å². The number of phenols is 1. The predicted octanol–water partition coefficient (Wildman–Crippen LogP) is 5.18. The number of benzene rings is 3. The third-order valence-electron chi connectivity index (χ3n) is 4.32. The van der Waals surface area contributed by atoms with Gasteiger partial charge in [0.2, 0.25) is 0 Å². The predicted molar refractivity (Wildman–Crippen MR) is 97.5 cm³/mol. The van der Waals surface area contributed by atoms with Crippen LogP contribution in [-0.4, -0.2) is 10.2 Å². The Kier molecular flexibility index (Phi) is 3.38. The van der Waals surface area contributed by atoms with E-state index in [2.05, 4.69) is 31.9 Å². The third-order valence-corrected chi connectivity index (χ3v) is 5.30. The summed E-state index contributed by atoms with van der Waals surface area (Å²) in [6, 6.07) is 18.6. The van der Waals surface area contributed by atoms with Crippen molar-refractivity contribution in [1.82, 2.24) is 0 Å². The van der Waals surface area contributed by atoms with Gasteiger partial charge in [-0.3, -0.25) is 0 Å². The summed E-state index contributed by atoms with van der Waals surface area (Å²) in [6.45, 7) is 0. The highest BCUT2D eigenvalue weighted by molar-refractivity contribution is 9.10. The van der Waals surface area contributed by atoms with Crippen molar-refractivity contribution in [2.45, 2.75) is 5.60 Å². The van der Waals surface area contributed by atoms with Crippen LogP contribution in [0.3, 0.4) is 0 Å². The summed E-state index contributed by atoms with van der Waals surface area (Å²) in [5, 5.41) is 21.2. The van der Waals surface area contributed by atoms with Gasteiger partial charge in [-0.15, -0.1) is 0 Å². The second-order valence-electron chi connectivity index (χ2n) is 5.64. The number of rotatable bonds is 1. The van der Waals surface area contributed by atoms with Crippen LogP contribution in [0.4, 0.5) is 0 Å². The molecule has 3 aromatic carbocycles. The minimum Gasteiger partial charge on any atom is -0.508 e. The Morgan fingerprint density at radius 1 is 0.696 bits per heavy atom. The zero-order chi connectivity index (χ0) is 16.2. The Morgan fingerprint density at radius 3 is 1.65 bits per heavy atom. The van der Waals surface area contributed by atoms with Crippen molar-refractivity contribution in [2.24, 2.45) is 0 Å². The Balaban J connectivity index is 2.08. The van der Waals surface area contributed by atoms with Crippen LogP contribution in [0.25, 0.3) is 11.1 Å². The van der Waals surface area contributed by atoms with Crippen molar-refractivity contribution >= 4 is 31.9 Å². The van der Waals surface area contributed by atoms with Gasteiger partial charge in [-0.05, 0) is 53.1 Å². The molecule has 0 spiro atoms. The summed E-state index contributed by atoms with van der Waals surface area (Å²) >= 11 is 7.00. The monoisotopic (exact) mass is 430 g/mol. The van der Waals surface area contributed by atoms with Gasteiger partial charge in [0.25, 0.3) is 0 Å². The average Bonchev–Trinajstić information content (AvgIpc) is 2.78. The molecule has 0 unspecified atom stereocenters. The topological polar surface area (TPSA) is 40.5 Å². The van der Waals surface area contributed by atoms with Crippen LogP contribution in [0, 0.1) is 0 Å². The minimum absolute atomic E-state index is 0.180. The fourth-order valence-corrected chi connectivity index (χ4v) is 3.98. The second-order valence-corrected chi connectivity index (χ2v) is 7.47. The molecule has 0 bridgehead atoms. The average molecular weight is 432 g/mol. The number of hydrogen-bond acceptors (Lipinski definition) is 2. The SMILES string of the molecule is Oc1ccc(C2(O)c3cc(Br)ccc3-c3ccc(Br)cc32)cc1. The molecule has 0 saturated carbocycles. The fraction of sp³-hybridized carbons (Fsp3) is 0.0526. The first-order valence-corrected chi connectivity index (χ1v) is 8.71. The van der Waals surface area contributed by atoms with E-state index in [1.165, 1.54) is 0 Å². The van der Waals surface area contributed by atoms with Crippen LogP contribution in [-0.2, 0) is 5.60 Å². The molecule has 4 rings (SSSR count). The third kappa shape index (κ3) is 2.17. The Hall–Kier alpha value is -1.62. The largest absolute Gasteiger partial charge is 0.508 e. The molecule has 0 radical (unpaired) electrons. The summed E-state index contributed by atoms with van der Waals surface area (Å²) in [5.41, 5.74) is 3.20. The van der Waals surface area contributed by atoms with Crippen molar-refractivity contribution in [1.29, 1.82) is 0 Å². The van der Waals surface area contributed by atoms with E-state index >= 15 is 0 Å². The molecule has 1 aliphatic carbocycles. The summed E-state index contributed by atoms with van der Waals surface area (Å²) < 4.78 is 1.83. The van der Waals surface area contributed by atoms with Crippen molar-refractivity contribution in [3.63, 3.8) is 0 Å². The molecule has 0 saturated heterocycles. The molecular formula is C19H12Br2O2. The number of hydrogen-bond donors (Lipinski definition) is 2. The quantitative estimate of drug-likeness (QED) is 0.557. The Labute approximate surface area is 150 Å². The highest BCUT2D eigenvalue weighted by Crippen LogP contribution is 2.52. The zero-order valence-electron chi connectivity index (χ0n) is 11.9. The van der Waals surface area contributed by atoms with Crippen LogP contribution in [0.5, 0.6) is 5.75 Å². The first-order chi connectivity index (χ1) is 11.0. The van der Waals surface area contributed by atoms with Gasteiger partial charge in [0.15, 0.2) is 0 Å². The van der Waals surface area contributed by atoms with E-state index in [0.717, 1.165) is 36.8 Å². The van der Waals surface area contributed by atoms with Crippen molar-refractivity contribution in [2.75, 3.05) is 0 Å². The van der Waals surface area contributed by atoms with Gasteiger partial charge < -0.3 is 10.2 Å². The molecule has 4 heteroatoms. The van der Waals surface area contributed by atoms with Gasteiger partial charge in [-0.1, -0.05) is 56.1 Å². The van der Waals surface area contributed by atoms with Gasteiger partial charge in [0.1, 0.15) is 11.4 Å². The molecule has 0 aromatic heterocycles. The lowest BCUT2D eigenvalue weighted by Crippen LogP contribution is -2.26. The van der Waals surface area contributed by atoms with E-state index < -0.39 is 5.60 Å².